The number of anilines is 1. The van der Waals surface area contributed by atoms with Gasteiger partial charge in [0.2, 0.25) is 0 Å². The van der Waals surface area contributed by atoms with E-state index in [1.807, 2.05) is 12.1 Å². The average molecular weight is 362 g/mol. The van der Waals surface area contributed by atoms with Gasteiger partial charge >= 0.3 is 11.8 Å². The van der Waals surface area contributed by atoms with Crippen LogP contribution in [0.15, 0.2) is 24.3 Å². The highest BCUT2D eigenvalue weighted by molar-refractivity contribution is 14.1. The van der Waals surface area contributed by atoms with Crippen LogP contribution in [0.25, 0.3) is 0 Å². The summed E-state index contributed by atoms with van der Waals surface area (Å²) in [7, 11) is 0. The van der Waals surface area contributed by atoms with E-state index in [2.05, 4.69) is 27.9 Å². The molecule has 0 fully saturated rings. The molecule has 1 rings (SSSR count). The monoisotopic (exact) mass is 362 g/mol. The highest BCUT2D eigenvalue weighted by Crippen LogP contribution is 2.11. The second kappa shape index (κ2) is 7.32. The van der Waals surface area contributed by atoms with Crippen LogP contribution >= 0.6 is 22.6 Å². The molecule has 0 heterocycles. The number of carbonyl (C=O) groups is 2. The predicted molar refractivity (Wildman–Crippen MR) is 77.1 cm³/mol. The molecule has 18 heavy (non-hydrogen) atoms. The number of aliphatic hydroxyl groups excluding tert-OH is 1. The minimum absolute atomic E-state index is 0.156. The topological polar surface area (TPSA) is 69.6 Å². The first-order valence-electron chi connectivity index (χ1n) is 5.55. The Balaban J connectivity index is 2.64. The van der Waals surface area contributed by atoms with Crippen LogP contribution in [0.3, 0.4) is 0 Å². The summed E-state index contributed by atoms with van der Waals surface area (Å²) in [4.78, 5) is 24.7. The lowest BCUT2D eigenvalue weighted by Gasteiger charge is -2.18. The number of rotatable bonds is 4. The molecular weight excluding hydrogens is 347 g/mol. The number of aliphatic hydroxyl groups is 1. The molecule has 0 radical (unpaired) electrons. The molecule has 0 aliphatic rings. The molecular formula is C12H15IN2O3. The summed E-state index contributed by atoms with van der Waals surface area (Å²) >= 11 is 2.16. The lowest BCUT2D eigenvalue weighted by molar-refractivity contribution is -0.143. The fourth-order valence-corrected chi connectivity index (χ4v) is 1.74. The number of hydrogen-bond acceptors (Lipinski definition) is 3. The lowest BCUT2D eigenvalue weighted by atomic mass is 10.3. The fraction of sp³-hybridized carbons (Fsp3) is 0.333. The molecule has 2 N–H and O–H groups in total. The van der Waals surface area contributed by atoms with Crippen LogP contribution in [0.1, 0.15) is 6.92 Å². The Morgan fingerprint density at radius 2 is 1.94 bits per heavy atom. The maximum Gasteiger partial charge on any atom is 0.313 e. The van der Waals surface area contributed by atoms with Crippen molar-refractivity contribution in [1.82, 2.24) is 4.90 Å². The molecule has 1 aromatic carbocycles. The van der Waals surface area contributed by atoms with Gasteiger partial charge < -0.3 is 15.3 Å². The lowest BCUT2D eigenvalue weighted by Crippen LogP contribution is -2.41. The molecule has 6 heteroatoms. The van der Waals surface area contributed by atoms with E-state index in [4.69, 9.17) is 5.11 Å². The minimum Gasteiger partial charge on any atom is -0.395 e. The van der Waals surface area contributed by atoms with Crippen molar-refractivity contribution in [2.24, 2.45) is 0 Å². The fourth-order valence-electron chi connectivity index (χ4n) is 1.39. The number of carbonyl (C=O) groups excluding carboxylic acids is 2. The first-order valence-corrected chi connectivity index (χ1v) is 6.63. The van der Waals surface area contributed by atoms with E-state index in [0.717, 1.165) is 3.57 Å². The van der Waals surface area contributed by atoms with Gasteiger partial charge in [0.1, 0.15) is 0 Å². The Kier molecular flexibility index (Phi) is 6.06. The Morgan fingerprint density at radius 1 is 1.33 bits per heavy atom. The van der Waals surface area contributed by atoms with Gasteiger partial charge in [0.25, 0.3) is 0 Å². The SMILES string of the molecule is CCN(CCO)C(=O)C(=O)Nc1ccc(I)cc1. The third-order valence-corrected chi connectivity index (χ3v) is 3.05. The molecule has 0 spiro atoms. The van der Waals surface area contributed by atoms with Gasteiger partial charge in [-0.2, -0.15) is 0 Å². The highest BCUT2D eigenvalue weighted by Gasteiger charge is 2.19. The van der Waals surface area contributed by atoms with Gasteiger partial charge in [-0.05, 0) is 53.8 Å². The molecule has 0 saturated carbocycles. The maximum absolute atomic E-state index is 11.7. The molecule has 1 aromatic rings. The van der Waals surface area contributed by atoms with E-state index >= 15 is 0 Å². The Morgan fingerprint density at radius 3 is 2.44 bits per heavy atom. The van der Waals surface area contributed by atoms with Crippen LogP contribution in [-0.2, 0) is 9.59 Å². The highest BCUT2D eigenvalue weighted by atomic mass is 127. The van der Waals surface area contributed by atoms with Gasteiger partial charge in [-0.3, -0.25) is 9.59 Å². The van der Waals surface area contributed by atoms with E-state index in [-0.39, 0.29) is 13.2 Å². The second-order valence-corrected chi connectivity index (χ2v) is 4.82. The van der Waals surface area contributed by atoms with E-state index in [0.29, 0.717) is 12.2 Å². The molecule has 5 nitrogen and oxygen atoms in total. The average Bonchev–Trinajstić information content (AvgIpc) is 2.37. The van der Waals surface area contributed by atoms with Crippen molar-refractivity contribution >= 4 is 40.1 Å². The number of nitrogens with one attached hydrogen (secondary N) is 1. The van der Waals surface area contributed by atoms with Crippen LogP contribution in [0.5, 0.6) is 0 Å². The van der Waals surface area contributed by atoms with Crippen molar-refractivity contribution in [2.45, 2.75) is 6.92 Å². The van der Waals surface area contributed by atoms with Gasteiger partial charge in [-0.15, -0.1) is 0 Å². The number of nitrogens with zero attached hydrogens (tertiary/aromatic N) is 1. The van der Waals surface area contributed by atoms with Crippen LogP contribution in [0, 0.1) is 3.57 Å². The van der Waals surface area contributed by atoms with Crippen molar-refractivity contribution in [3.63, 3.8) is 0 Å². The molecule has 0 atom stereocenters. The standard InChI is InChI=1S/C12H15IN2O3/c1-2-15(7-8-16)12(18)11(17)14-10-5-3-9(13)4-6-10/h3-6,16H,2,7-8H2,1H3,(H,14,17). The summed E-state index contributed by atoms with van der Waals surface area (Å²) in [6.45, 7) is 2.15. The minimum atomic E-state index is -0.688. The van der Waals surface area contributed by atoms with Crippen molar-refractivity contribution < 1.29 is 14.7 Å². The van der Waals surface area contributed by atoms with Crippen LogP contribution in [-0.4, -0.2) is 41.5 Å². The molecule has 0 bridgehead atoms. The van der Waals surface area contributed by atoms with Crippen molar-refractivity contribution in [3.8, 4) is 0 Å². The number of amides is 2. The number of hydrogen-bond donors (Lipinski definition) is 2. The zero-order chi connectivity index (χ0) is 13.5. The van der Waals surface area contributed by atoms with Gasteiger partial charge in [0.15, 0.2) is 0 Å². The number of benzene rings is 1. The van der Waals surface area contributed by atoms with Gasteiger partial charge in [0.05, 0.1) is 6.61 Å². The molecule has 0 aromatic heterocycles. The molecule has 0 aliphatic carbocycles. The Labute approximate surface area is 119 Å². The molecule has 0 unspecified atom stereocenters. The molecule has 0 saturated heterocycles. The summed E-state index contributed by atoms with van der Waals surface area (Å²) < 4.78 is 1.05. The largest absolute Gasteiger partial charge is 0.395 e. The Bertz CT molecular complexity index is 420. The summed E-state index contributed by atoms with van der Waals surface area (Å²) in [5.41, 5.74) is 0.578. The summed E-state index contributed by atoms with van der Waals surface area (Å²) in [5, 5.41) is 11.3. The number of halogens is 1. The second-order valence-electron chi connectivity index (χ2n) is 3.57. The van der Waals surface area contributed by atoms with Crippen molar-refractivity contribution in [3.05, 3.63) is 27.8 Å². The summed E-state index contributed by atoms with van der Waals surface area (Å²) in [6, 6.07) is 7.14. The first kappa shape index (κ1) is 14.9. The van der Waals surface area contributed by atoms with Gasteiger partial charge in [-0.25, -0.2) is 0 Å². The number of likely N-dealkylation sites (N-methyl/N-ethyl adjacent to an activating group) is 1. The van der Waals surface area contributed by atoms with Crippen LogP contribution in [0.4, 0.5) is 5.69 Å². The molecule has 98 valence electrons. The van der Waals surface area contributed by atoms with E-state index in [9.17, 15) is 9.59 Å². The van der Waals surface area contributed by atoms with Gasteiger partial charge in [0, 0.05) is 22.3 Å². The zero-order valence-corrected chi connectivity index (χ0v) is 12.2. The Hall–Kier alpha value is -1.15. The smallest absolute Gasteiger partial charge is 0.313 e. The van der Waals surface area contributed by atoms with Crippen molar-refractivity contribution in [1.29, 1.82) is 0 Å². The summed E-state index contributed by atoms with van der Waals surface area (Å²) in [6.07, 6.45) is 0. The van der Waals surface area contributed by atoms with E-state index < -0.39 is 11.8 Å². The third-order valence-electron chi connectivity index (χ3n) is 2.34. The third kappa shape index (κ3) is 4.26. The van der Waals surface area contributed by atoms with E-state index in [1.54, 1.807) is 19.1 Å². The summed E-state index contributed by atoms with van der Waals surface area (Å²) in [5.74, 6) is -1.32. The van der Waals surface area contributed by atoms with Crippen LogP contribution in [0.2, 0.25) is 0 Å². The van der Waals surface area contributed by atoms with Gasteiger partial charge in [-0.1, -0.05) is 0 Å². The quantitative estimate of drug-likeness (QED) is 0.622. The maximum atomic E-state index is 11.7. The molecule has 2 amide bonds. The predicted octanol–water partition coefficient (Wildman–Crippen LogP) is 1.07. The molecule has 0 aliphatic heterocycles. The van der Waals surface area contributed by atoms with Crippen molar-refractivity contribution in [2.75, 3.05) is 25.0 Å². The normalized spacial score (nSPS) is 9.94. The van der Waals surface area contributed by atoms with Crippen LogP contribution < -0.4 is 5.32 Å². The zero-order valence-electron chi connectivity index (χ0n) is 10.0. The first-order chi connectivity index (χ1) is 8.58. The van der Waals surface area contributed by atoms with E-state index in [1.165, 1.54) is 4.90 Å².